The van der Waals surface area contributed by atoms with Crippen molar-refractivity contribution in [3.8, 4) is 0 Å². The number of benzene rings is 2. The van der Waals surface area contributed by atoms with Gasteiger partial charge in [-0.3, -0.25) is 4.79 Å². The summed E-state index contributed by atoms with van der Waals surface area (Å²) in [5.74, 6) is -0.854. The smallest absolute Gasteiger partial charge is 0.196 e. The van der Waals surface area contributed by atoms with E-state index in [4.69, 9.17) is 11.6 Å². The molecule has 2 nitrogen and oxygen atoms in total. The average Bonchev–Trinajstić information content (AvgIpc) is 2.78. The number of ketones is 1. The van der Waals surface area contributed by atoms with Crippen LogP contribution < -0.4 is 0 Å². The minimum Gasteiger partial charge on any atom is -0.350 e. The Bertz CT molecular complexity index is 867. The number of halogens is 2. The molecule has 0 radical (unpaired) electrons. The largest absolute Gasteiger partial charge is 0.350 e. The van der Waals surface area contributed by atoms with Crippen molar-refractivity contribution >= 4 is 28.3 Å². The van der Waals surface area contributed by atoms with Crippen LogP contribution in [0, 0.1) is 12.7 Å². The highest BCUT2D eigenvalue weighted by atomic mass is 35.5. The molecule has 2 aromatic carbocycles. The summed E-state index contributed by atoms with van der Waals surface area (Å²) in [4.78, 5) is 12.7. The second-order valence-electron chi connectivity index (χ2n) is 5.10. The van der Waals surface area contributed by atoms with Gasteiger partial charge in [-0.05, 0) is 30.7 Å². The Kier molecular flexibility index (Phi) is 3.30. The predicted molar refractivity (Wildman–Crippen MR) is 82.5 cm³/mol. The number of nitrogens with zero attached hydrogens (tertiary/aromatic N) is 1. The summed E-state index contributed by atoms with van der Waals surface area (Å²) in [7, 11) is 1.88. The molecule has 0 spiro atoms. The third-order valence-corrected chi connectivity index (χ3v) is 3.97. The van der Waals surface area contributed by atoms with E-state index in [1.165, 1.54) is 12.1 Å². The first-order valence-electron chi connectivity index (χ1n) is 6.53. The maximum absolute atomic E-state index is 13.5. The molecule has 0 bridgehead atoms. The molecule has 0 N–H and O–H groups in total. The summed E-state index contributed by atoms with van der Waals surface area (Å²) in [5, 5.41) is 0.708. The van der Waals surface area contributed by atoms with Crippen LogP contribution in [-0.2, 0) is 7.05 Å². The molecular weight excluding hydrogens is 289 g/mol. The van der Waals surface area contributed by atoms with Crippen LogP contribution in [0.25, 0.3) is 10.9 Å². The molecule has 1 aromatic heterocycles. The van der Waals surface area contributed by atoms with Gasteiger partial charge >= 0.3 is 0 Å². The van der Waals surface area contributed by atoms with E-state index in [0.29, 0.717) is 5.56 Å². The predicted octanol–water partition coefficient (Wildman–Crippen LogP) is 4.51. The topological polar surface area (TPSA) is 22.0 Å². The molecule has 21 heavy (non-hydrogen) atoms. The first-order chi connectivity index (χ1) is 9.99. The molecule has 3 aromatic rings. The number of fused-ring (bicyclic) bond motifs is 1. The zero-order valence-corrected chi connectivity index (χ0v) is 12.4. The van der Waals surface area contributed by atoms with E-state index in [0.717, 1.165) is 16.5 Å². The van der Waals surface area contributed by atoms with Crippen molar-refractivity contribution in [2.75, 3.05) is 0 Å². The minimum atomic E-state index is -0.585. The average molecular weight is 302 g/mol. The lowest BCUT2D eigenvalue weighted by Gasteiger charge is -2.03. The van der Waals surface area contributed by atoms with Crippen molar-refractivity contribution < 1.29 is 9.18 Å². The van der Waals surface area contributed by atoms with Crippen LogP contribution in [0.2, 0.25) is 5.02 Å². The van der Waals surface area contributed by atoms with E-state index in [2.05, 4.69) is 0 Å². The highest BCUT2D eigenvalue weighted by Gasteiger charge is 2.19. The van der Waals surface area contributed by atoms with Gasteiger partial charge in [0.25, 0.3) is 0 Å². The van der Waals surface area contributed by atoms with Crippen molar-refractivity contribution in [3.63, 3.8) is 0 Å². The third kappa shape index (κ3) is 2.24. The molecule has 0 saturated carbocycles. The Morgan fingerprint density at radius 2 is 1.95 bits per heavy atom. The fourth-order valence-corrected chi connectivity index (χ4v) is 2.71. The molecule has 0 atom stereocenters. The lowest BCUT2D eigenvalue weighted by molar-refractivity contribution is 0.104. The maximum atomic E-state index is 13.5. The third-order valence-electron chi connectivity index (χ3n) is 3.59. The Hall–Kier alpha value is -2.13. The summed E-state index contributed by atoms with van der Waals surface area (Å²) in [6, 6.07) is 10.1. The minimum absolute atomic E-state index is 0.133. The van der Waals surface area contributed by atoms with Gasteiger partial charge in [0, 0.05) is 35.3 Å². The van der Waals surface area contributed by atoms with E-state index < -0.39 is 5.82 Å². The summed E-state index contributed by atoms with van der Waals surface area (Å²) < 4.78 is 15.4. The van der Waals surface area contributed by atoms with Crippen molar-refractivity contribution in [1.82, 2.24) is 4.57 Å². The molecule has 106 valence electrons. The fourth-order valence-electron chi connectivity index (χ4n) is 2.50. The van der Waals surface area contributed by atoms with Gasteiger partial charge in [-0.1, -0.05) is 29.8 Å². The first-order valence-corrected chi connectivity index (χ1v) is 6.91. The monoisotopic (exact) mass is 301 g/mol. The maximum Gasteiger partial charge on any atom is 0.196 e. The van der Waals surface area contributed by atoms with Gasteiger partial charge in [0.1, 0.15) is 5.82 Å². The number of rotatable bonds is 2. The van der Waals surface area contributed by atoms with Crippen LogP contribution >= 0.6 is 11.6 Å². The number of hydrogen-bond donors (Lipinski definition) is 0. The van der Waals surface area contributed by atoms with Gasteiger partial charge in [-0.15, -0.1) is 0 Å². The Morgan fingerprint density at radius 1 is 1.19 bits per heavy atom. The van der Waals surface area contributed by atoms with Gasteiger partial charge < -0.3 is 4.57 Å². The van der Waals surface area contributed by atoms with Crippen LogP contribution in [0.1, 0.15) is 21.5 Å². The first kappa shape index (κ1) is 13.8. The molecule has 0 aliphatic rings. The molecule has 0 aliphatic carbocycles. The highest BCUT2D eigenvalue weighted by molar-refractivity contribution is 6.35. The van der Waals surface area contributed by atoms with Crippen molar-refractivity contribution in [2.45, 2.75) is 6.92 Å². The van der Waals surface area contributed by atoms with Crippen molar-refractivity contribution in [2.24, 2.45) is 7.05 Å². The summed E-state index contributed by atoms with van der Waals surface area (Å²) >= 11 is 5.92. The number of hydrogen-bond acceptors (Lipinski definition) is 1. The number of carbonyl (C=O) groups excluding carboxylic acids is 1. The van der Waals surface area contributed by atoms with Crippen LogP contribution in [0.5, 0.6) is 0 Å². The zero-order chi connectivity index (χ0) is 15.1. The van der Waals surface area contributed by atoms with Gasteiger partial charge in [0.15, 0.2) is 5.78 Å². The number of aromatic nitrogens is 1. The lowest BCUT2D eigenvalue weighted by Crippen LogP contribution is -2.02. The van der Waals surface area contributed by atoms with Gasteiger partial charge in [-0.2, -0.15) is 0 Å². The van der Waals surface area contributed by atoms with E-state index in [1.54, 1.807) is 12.3 Å². The highest BCUT2D eigenvalue weighted by Crippen LogP contribution is 2.27. The Morgan fingerprint density at radius 3 is 2.71 bits per heavy atom. The molecule has 1 heterocycles. The van der Waals surface area contributed by atoms with E-state index >= 15 is 0 Å². The van der Waals surface area contributed by atoms with Gasteiger partial charge in [0.2, 0.25) is 0 Å². The SMILES string of the molecule is Cc1ccc2c(C(=O)c3cccc(F)c3Cl)cn(C)c2c1. The van der Waals surface area contributed by atoms with Crippen LogP contribution in [-0.4, -0.2) is 10.4 Å². The van der Waals surface area contributed by atoms with Crippen LogP contribution in [0.4, 0.5) is 4.39 Å². The summed E-state index contributed by atoms with van der Waals surface area (Å²) in [6.45, 7) is 2.00. The van der Waals surface area contributed by atoms with Crippen molar-refractivity contribution in [1.29, 1.82) is 0 Å². The van der Waals surface area contributed by atoms with E-state index in [-0.39, 0.29) is 16.4 Å². The molecule has 0 amide bonds. The van der Waals surface area contributed by atoms with Gasteiger partial charge in [-0.25, -0.2) is 4.39 Å². The quantitative estimate of drug-likeness (QED) is 0.638. The number of aryl methyl sites for hydroxylation is 2. The second-order valence-corrected chi connectivity index (χ2v) is 5.48. The Labute approximate surface area is 126 Å². The van der Waals surface area contributed by atoms with Crippen LogP contribution in [0.15, 0.2) is 42.6 Å². The molecule has 3 rings (SSSR count). The molecule has 0 saturated heterocycles. The van der Waals surface area contributed by atoms with Gasteiger partial charge in [0.05, 0.1) is 5.02 Å². The molecule has 0 unspecified atom stereocenters. The molecule has 0 aliphatic heterocycles. The van der Waals surface area contributed by atoms with E-state index in [1.807, 2.05) is 36.7 Å². The second kappa shape index (κ2) is 5.01. The van der Waals surface area contributed by atoms with E-state index in [9.17, 15) is 9.18 Å². The standard InChI is InChI=1S/C17H13ClFNO/c1-10-6-7-11-13(9-20(2)15(11)8-10)17(21)12-4-3-5-14(19)16(12)18/h3-9H,1-2H3. The van der Waals surface area contributed by atoms with Crippen molar-refractivity contribution in [3.05, 3.63) is 70.1 Å². The fraction of sp³-hybridized carbons (Fsp3) is 0.118. The Balaban J connectivity index is 2.21. The molecule has 4 heteroatoms. The molecule has 0 fully saturated rings. The number of carbonyl (C=O) groups is 1. The summed E-state index contributed by atoms with van der Waals surface area (Å²) in [6.07, 6.45) is 1.76. The lowest BCUT2D eigenvalue weighted by atomic mass is 10.0. The zero-order valence-electron chi connectivity index (χ0n) is 11.7. The molecular formula is C17H13ClFNO. The summed E-state index contributed by atoms with van der Waals surface area (Å²) in [5.41, 5.74) is 2.79. The van der Waals surface area contributed by atoms with Crippen LogP contribution in [0.3, 0.4) is 0 Å². The normalized spacial score (nSPS) is 11.0.